The first kappa shape index (κ1) is 21.1. The van der Waals surface area contributed by atoms with E-state index >= 15 is 0 Å². The van der Waals surface area contributed by atoms with Gasteiger partial charge < -0.3 is 15.0 Å². The minimum Gasteiger partial charge on any atom is -0.462 e. The molecule has 0 aromatic heterocycles. The van der Waals surface area contributed by atoms with Gasteiger partial charge in [-0.15, -0.1) is 0 Å². The molecule has 0 radical (unpaired) electrons. The number of rotatable bonds is 6. The van der Waals surface area contributed by atoms with E-state index in [0.717, 1.165) is 6.42 Å². The average Bonchev–Trinajstić information content (AvgIpc) is 3.10. The molecule has 2 amide bonds. The van der Waals surface area contributed by atoms with Crippen molar-refractivity contribution in [3.05, 3.63) is 58.1 Å². The molecule has 0 bridgehead atoms. The number of halogens is 2. The van der Waals surface area contributed by atoms with Gasteiger partial charge in [-0.3, -0.25) is 9.59 Å². The molecule has 0 spiro atoms. The summed E-state index contributed by atoms with van der Waals surface area (Å²) in [6.07, 6.45) is 0.827. The van der Waals surface area contributed by atoms with Gasteiger partial charge in [0.15, 0.2) is 0 Å². The summed E-state index contributed by atoms with van der Waals surface area (Å²) >= 11 is 12.2. The molecule has 1 fully saturated rings. The molecular weight excluding hydrogens is 415 g/mol. The number of anilines is 2. The lowest BCUT2D eigenvalue weighted by Gasteiger charge is -2.18. The maximum atomic E-state index is 12.6. The fourth-order valence-electron chi connectivity index (χ4n) is 3.03. The molecule has 6 nitrogen and oxygen atoms in total. The van der Waals surface area contributed by atoms with Gasteiger partial charge in [-0.2, -0.15) is 0 Å². The lowest BCUT2D eigenvalue weighted by atomic mass is 10.1. The van der Waals surface area contributed by atoms with Gasteiger partial charge in [-0.1, -0.05) is 36.2 Å². The SMILES string of the molecule is CCCOC(=O)c1ccc(NC(=O)[C@@H]2CC(=O)N(c3cccc(Cl)c3Cl)C2)cc1. The predicted octanol–water partition coefficient (Wildman–Crippen LogP) is 4.55. The van der Waals surface area contributed by atoms with Crippen LogP contribution in [0.4, 0.5) is 11.4 Å². The molecule has 0 unspecified atom stereocenters. The Morgan fingerprint density at radius 3 is 2.59 bits per heavy atom. The number of nitrogens with one attached hydrogen (secondary N) is 1. The normalized spacial score (nSPS) is 16.0. The highest BCUT2D eigenvalue weighted by molar-refractivity contribution is 6.44. The van der Waals surface area contributed by atoms with Crippen LogP contribution >= 0.6 is 23.2 Å². The Morgan fingerprint density at radius 2 is 1.90 bits per heavy atom. The fraction of sp³-hybridized carbons (Fsp3) is 0.286. The summed E-state index contributed by atoms with van der Waals surface area (Å²) in [6.45, 7) is 2.49. The van der Waals surface area contributed by atoms with Crippen LogP contribution in [-0.4, -0.2) is 30.9 Å². The molecular formula is C21H20Cl2N2O4. The lowest BCUT2D eigenvalue weighted by molar-refractivity contribution is -0.122. The number of hydrogen-bond donors (Lipinski definition) is 1. The molecule has 1 N–H and O–H groups in total. The molecule has 29 heavy (non-hydrogen) atoms. The first-order chi connectivity index (χ1) is 13.9. The van der Waals surface area contributed by atoms with Gasteiger partial charge >= 0.3 is 5.97 Å². The van der Waals surface area contributed by atoms with E-state index in [2.05, 4.69) is 5.32 Å². The summed E-state index contributed by atoms with van der Waals surface area (Å²) in [7, 11) is 0. The molecule has 8 heteroatoms. The Kier molecular flexibility index (Phi) is 6.77. The summed E-state index contributed by atoms with van der Waals surface area (Å²) in [6, 6.07) is 11.5. The van der Waals surface area contributed by atoms with Crippen molar-refractivity contribution in [3.63, 3.8) is 0 Å². The molecule has 1 heterocycles. The van der Waals surface area contributed by atoms with E-state index < -0.39 is 11.9 Å². The number of carbonyl (C=O) groups is 3. The highest BCUT2D eigenvalue weighted by Gasteiger charge is 2.36. The first-order valence-electron chi connectivity index (χ1n) is 9.23. The second-order valence-electron chi connectivity index (χ2n) is 6.68. The zero-order chi connectivity index (χ0) is 21.0. The number of esters is 1. The van der Waals surface area contributed by atoms with Crippen molar-refractivity contribution in [1.82, 2.24) is 0 Å². The average molecular weight is 435 g/mol. The zero-order valence-corrected chi connectivity index (χ0v) is 17.3. The lowest BCUT2D eigenvalue weighted by Crippen LogP contribution is -2.28. The van der Waals surface area contributed by atoms with Crippen LogP contribution in [0.1, 0.15) is 30.1 Å². The summed E-state index contributed by atoms with van der Waals surface area (Å²) in [5.74, 6) is -1.39. The van der Waals surface area contributed by atoms with Crippen molar-refractivity contribution >= 4 is 52.4 Å². The molecule has 0 saturated carbocycles. The molecule has 1 aliphatic heterocycles. The standard InChI is InChI=1S/C21H20Cl2N2O4/c1-2-10-29-21(28)13-6-8-15(9-7-13)24-20(27)14-11-18(26)25(12-14)17-5-3-4-16(22)19(17)23/h3-9,14H,2,10-12H2,1H3,(H,24,27)/t14-/m1/s1. The van der Waals surface area contributed by atoms with E-state index in [4.69, 9.17) is 27.9 Å². The summed E-state index contributed by atoms with van der Waals surface area (Å²) in [4.78, 5) is 38.3. The van der Waals surface area contributed by atoms with Gasteiger partial charge in [0, 0.05) is 18.7 Å². The predicted molar refractivity (Wildman–Crippen MR) is 113 cm³/mol. The van der Waals surface area contributed by atoms with Gasteiger partial charge in [0.2, 0.25) is 11.8 Å². The second kappa shape index (κ2) is 9.29. The van der Waals surface area contributed by atoms with Gasteiger partial charge in [0.25, 0.3) is 0 Å². The third kappa shape index (κ3) is 4.89. The molecule has 0 aliphatic carbocycles. The van der Waals surface area contributed by atoms with Crippen LogP contribution in [0.15, 0.2) is 42.5 Å². The Morgan fingerprint density at radius 1 is 1.17 bits per heavy atom. The van der Waals surface area contributed by atoms with Gasteiger partial charge in [0.1, 0.15) is 0 Å². The second-order valence-corrected chi connectivity index (χ2v) is 7.47. The van der Waals surface area contributed by atoms with E-state index in [1.54, 1.807) is 42.5 Å². The third-order valence-electron chi connectivity index (χ3n) is 4.54. The number of hydrogen-bond acceptors (Lipinski definition) is 4. The fourth-order valence-corrected chi connectivity index (χ4v) is 3.43. The molecule has 2 aromatic rings. The number of benzene rings is 2. The van der Waals surface area contributed by atoms with E-state index in [-0.39, 0.29) is 29.8 Å². The number of nitrogens with zero attached hydrogens (tertiary/aromatic N) is 1. The van der Waals surface area contributed by atoms with E-state index in [1.165, 1.54) is 4.90 Å². The number of carbonyl (C=O) groups excluding carboxylic acids is 3. The third-order valence-corrected chi connectivity index (χ3v) is 5.35. The minimum atomic E-state index is -0.522. The number of ether oxygens (including phenoxy) is 1. The Hall–Kier alpha value is -2.57. The quantitative estimate of drug-likeness (QED) is 0.676. The van der Waals surface area contributed by atoms with Crippen LogP contribution < -0.4 is 10.2 Å². The first-order valence-corrected chi connectivity index (χ1v) is 9.98. The Bertz CT molecular complexity index is 931. The minimum absolute atomic E-state index is 0.0795. The largest absolute Gasteiger partial charge is 0.462 e. The van der Waals surface area contributed by atoms with E-state index in [9.17, 15) is 14.4 Å². The van der Waals surface area contributed by atoms with Crippen molar-refractivity contribution in [2.45, 2.75) is 19.8 Å². The smallest absolute Gasteiger partial charge is 0.338 e. The molecule has 1 aliphatic rings. The Labute approximate surface area is 178 Å². The molecule has 2 aromatic carbocycles. The van der Waals surface area contributed by atoms with Crippen molar-refractivity contribution < 1.29 is 19.1 Å². The maximum absolute atomic E-state index is 12.6. The van der Waals surface area contributed by atoms with Crippen molar-refractivity contribution in [3.8, 4) is 0 Å². The van der Waals surface area contributed by atoms with Crippen LogP contribution in [0.2, 0.25) is 10.0 Å². The molecule has 1 atom stereocenters. The van der Waals surface area contributed by atoms with Crippen molar-refractivity contribution in [1.29, 1.82) is 0 Å². The summed E-state index contributed by atoms with van der Waals surface area (Å²) in [5.41, 5.74) is 1.44. The number of amides is 2. The summed E-state index contributed by atoms with van der Waals surface area (Å²) < 4.78 is 5.07. The summed E-state index contributed by atoms with van der Waals surface area (Å²) in [5, 5.41) is 3.42. The topological polar surface area (TPSA) is 75.7 Å². The highest BCUT2D eigenvalue weighted by Crippen LogP contribution is 2.35. The molecule has 1 saturated heterocycles. The molecule has 3 rings (SSSR count). The van der Waals surface area contributed by atoms with Crippen molar-refractivity contribution in [2.75, 3.05) is 23.4 Å². The van der Waals surface area contributed by atoms with Gasteiger partial charge in [0.05, 0.1) is 33.8 Å². The van der Waals surface area contributed by atoms with Gasteiger partial charge in [-0.25, -0.2) is 4.79 Å². The van der Waals surface area contributed by atoms with E-state index in [0.29, 0.717) is 28.6 Å². The van der Waals surface area contributed by atoms with Crippen LogP contribution in [0.25, 0.3) is 0 Å². The van der Waals surface area contributed by atoms with E-state index in [1.807, 2.05) is 6.92 Å². The van der Waals surface area contributed by atoms with Crippen molar-refractivity contribution in [2.24, 2.45) is 5.92 Å². The van der Waals surface area contributed by atoms with Crippen LogP contribution in [0.5, 0.6) is 0 Å². The maximum Gasteiger partial charge on any atom is 0.338 e. The van der Waals surface area contributed by atoms with Crippen LogP contribution in [0.3, 0.4) is 0 Å². The molecule has 152 valence electrons. The van der Waals surface area contributed by atoms with Gasteiger partial charge in [-0.05, 0) is 42.8 Å². The van der Waals surface area contributed by atoms with Crippen LogP contribution in [-0.2, 0) is 14.3 Å². The zero-order valence-electron chi connectivity index (χ0n) is 15.8. The Balaban J connectivity index is 1.63. The monoisotopic (exact) mass is 434 g/mol. The highest BCUT2D eigenvalue weighted by atomic mass is 35.5. The van der Waals surface area contributed by atoms with Crippen LogP contribution in [0, 0.1) is 5.92 Å².